The minimum absolute atomic E-state index is 0.0435. The highest BCUT2D eigenvalue weighted by molar-refractivity contribution is 6.30. The second-order valence-electron chi connectivity index (χ2n) is 2.89. The lowest BCUT2D eigenvalue weighted by Crippen LogP contribution is -2.18. The fourth-order valence-electron chi connectivity index (χ4n) is 1.05. The van der Waals surface area contributed by atoms with Crippen molar-refractivity contribution in [2.75, 3.05) is 0 Å². The molecule has 0 aliphatic rings. The molecule has 1 rings (SSSR count). The molecule has 1 atom stereocenters. The molecule has 0 radical (unpaired) electrons. The molecule has 0 amide bonds. The maximum absolute atomic E-state index is 13.2. The number of halogens is 2. The van der Waals surface area contributed by atoms with Gasteiger partial charge in [0.05, 0.1) is 5.02 Å². The molecular weight excluding hydrogens is 177 g/mol. The third-order valence-corrected chi connectivity index (χ3v) is 1.87. The topological polar surface area (TPSA) is 26.0 Å². The third kappa shape index (κ3) is 2.19. The van der Waals surface area contributed by atoms with Gasteiger partial charge in [0.1, 0.15) is 5.82 Å². The Bertz CT molecular complexity index is 273. The zero-order valence-corrected chi connectivity index (χ0v) is 7.61. The van der Waals surface area contributed by atoms with Crippen molar-refractivity contribution in [3.05, 3.63) is 34.6 Å². The summed E-state index contributed by atoms with van der Waals surface area (Å²) in [5.74, 6) is -0.350. The summed E-state index contributed by atoms with van der Waals surface area (Å²) in [5, 5.41) is 0.160. The molecule has 1 nitrogen and oxygen atoms in total. The minimum Gasteiger partial charge on any atom is -0.328 e. The summed E-state index contributed by atoms with van der Waals surface area (Å²) in [6, 6.07) is 4.91. The van der Waals surface area contributed by atoms with E-state index in [2.05, 4.69) is 0 Å². The van der Waals surface area contributed by atoms with Crippen LogP contribution in [-0.2, 0) is 6.42 Å². The van der Waals surface area contributed by atoms with Crippen molar-refractivity contribution in [1.29, 1.82) is 0 Å². The lowest BCUT2D eigenvalue weighted by atomic mass is 10.1. The maximum atomic E-state index is 13.2. The highest BCUT2D eigenvalue weighted by Gasteiger charge is 2.06. The Kier molecular flexibility index (Phi) is 3.06. The zero-order chi connectivity index (χ0) is 9.14. The van der Waals surface area contributed by atoms with E-state index in [-0.39, 0.29) is 16.9 Å². The summed E-state index contributed by atoms with van der Waals surface area (Å²) < 4.78 is 13.2. The molecule has 0 aromatic heterocycles. The summed E-state index contributed by atoms with van der Waals surface area (Å²) in [4.78, 5) is 0. The third-order valence-electron chi connectivity index (χ3n) is 1.57. The molecule has 0 fully saturated rings. The summed E-state index contributed by atoms with van der Waals surface area (Å²) >= 11 is 5.58. The van der Waals surface area contributed by atoms with Gasteiger partial charge in [-0.05, 0) is 25.0 Å². The molecule has 12 heavy (non-hydrogen) atoms. The predicted molar refractivity (Wildman–Crippen MR) is 48.8 cm³/mol. The van der Waals surface area contributed by atoms with Crippen molar-refractivity contribution in [3.63, 3.8) is 0 Å². The van der Waals surface area contributed by atoms with E-state index in [1.165, 1.54) is 6.07 Å². The smallest absolute Gasteiger partial charge is 0.145 e. The van der Waals surface area contributed by atoms with Gasteiger partial charge in [-0.15, -0.1) is 0 Å². The summed E-state index contributed by atoms with van der Waals surface area (Å²) in [5.41, 5.74) is 6.11. The molecule has 0 spiro atoms. The number of rotatable bonds is 2. The number of benzene rings is 1. The van der Waals surface area contributed by atoms with Crippen molar-refractivity contribution < 1.29 is 4.39 Å². The van der Waals surface area contributed by atoms with E-state index in [1.807, 2.05) is 6.92 Å². The van der Waals surface area contributed by atoms with Gasteiger partial charge in [0.25, 0.3) is 0 Å². The average molecular weight is 188 g/mol. The van der Waals surface area contributed by atoms with Gasteiger partial charge in [0, 0.05) is 6.04 Å². The van der Waals surface area contributed by atoms with E-state index in [9.17, 15) is 4.39 Å². The first-order valence-corrected chi connectivity index (χ1v) is 4.17. The Morgan fingerprint density at radius 1 is 1.58 bits per heavy atom. The molecule has 0 bridgehead atoms. The van der Waals surface area contributed by atoms with E-state index in [1.54, 1.807) is 12.1 Å². The SMILES string of the molecule is C[C@H](N)Cc1cccc(Cl)c1F. The average Bonchev–Trinajstić information content (AvgIpc) is 1.98. The quantitative estimate of drug-likeness (QED) is 0.756. The predicted octanol–water partition coefficient (Wildman–Crippen LogP) is 2.37. The van der Waals surface area contributed by atoms with E-state index < -0.39 is 0 Å². The lowest BCUT2D eigenvalue weighted by Gasteiger charge is -2.06. The number of hydrogen-bond donors (Lipinski definition) is 1. The molecule has 0 saturated carbocycles. The zero-order valence-electron chi connectivity index (χ0n) is 6.85. The first-order valence-electron chi connectivity index (χ1n) is 3.79. The van der Waals surface area contributed by atoms with E-state index in [4.69, 9.17) is 17.3 Å². The standard InChI is InChI=1S/C9H11ClFN/c1-6(12)5-7-3-2-4-8(10)9(7)11/h2-4,6H,5,12H2,1H3/t6-/m0/s1. The normalized spacial score (nSPS) is 13.0. The highest BCUT2D eigenvalue weighted by Crippen LogP contribution is 2.18. The van der Waals surface area contributed by atoms with Crippen LogP contribution in [0.25, 0.3) is 0 Å². The molecule has 0 aliphatic carbocycles. The van der Waals surface area contributed by atoms with Gasteiger partial charge in [-0.2, -0.15) is 0 Å². The Morgan fingerprint density at radius 3 is 2.83 bits per heavy atom. The fraction of sp³-hybridized carbons (Fsp3) is 0.333. The lowest BCUT2D eigenvalue weighted by molar-refractivity contribution is 0.596. The molecule has 0 aliphatic heterocycles. The van der Waals surface area contributed by atoms with Crippen LogP contribution in [0.2, 0.25) is 5.02 Å². The van der Waals surface area contributed by atoms with Crippen molar-refractivity contribution >= 4 is 11.6 Å². The fourth-order valence-corrected chi connectivity index (χ4v) is 1.25. The van der Waals surface area contributed by atoms with E-state index in [0.717, 1.165) is 0 Å². The Labute approximate surface area is 76.3 Å². The molecule has 1 aromatic carbocycles. The molecule has 1 aromatic rings. The van der Waals surface area contributed by atoms with Crippen LogP contribution in [0.3, 0.4) is 0 Å². The van der Waals surface area contributed by atoms with Crippen molar-refractivity contribution in [2.24, 2.45) is 5.73 Å². The van der Waals surface area contributed by atoms with Gasteiger partial charge in [-0.25, -0.2) is 4.39 Å². The van der Waals surface area contributed by atoms with Crippen LogP contribution in [0.1, 0.15) is 12.5 Å². The molecule has 66 valence electrons. The van der Waals surface area contributed by atoms with Gasteiger partial charge in [0.15, 0.2) is 0 Å². The number of hydrogen-bond acceptors (Lipinski definition) is 1. The van der Waals surface area contributed by atoms with E-state index in [0.29, 0.717) is 12.0 Å². The van der Waals surface area contributed by atoms with Crippen molar-refractivity contribution in [2.45, 2.75) is 19.4 Å². The minimum atomic E-state index is -0.350. The first kappa shape index (κ1) is 9.49. The molecule has 3 heteroatoms. The van der Waals surface area contributed by atoms with Crippen LogP contribution in [-0.4, -0.2) is 6.04 Å². The van der Waals surface area contributed by atoms with Gasteiger partial charge in [0.2, 0.25) is 0 Å². The van der Waals surface area contributed by atoms with Crippen molar-refractivity contribution in [1.82, 2.24) is 0 Å². The van der Waals surface area contributed by atoms with Crippen LogP contribution < -0.4 is 5.73 Å². The van der Waals surface area contributed by atoms with Crippen LogP contribution in [0, 0.1) is 5.82 Å². The molecule has 2 N–H and O–H groups in total. The van der Waals surface area contributed by atoms with E-state index >= 15 is 0 Å². The highest BCUT2D eigenvalue weighted by atomic mass is 35.5. The first-order chi connectivity index (χ1) is 5.61. The summed E-state index contributed by atoms with van der Waals surface area (Å²) in [6.45, 7) is 1.83. The number of nitrogens with two attached hydrogens (primary N) is 1. The second-order valence-corrected chi connectivity index (χ2v) is 3.30. The summed E-state index contributed by atoms with van der Waals surface area (Å²) in [7, 11) is 0. The second kappa shape index (κ2) is 3.87. The molecular formula is C9H11ClFN. The Balaban J connectivity index is 2.92. The maximum Gasteiger partial charge on any atom is 0.145 e. The Hall–Kier alpha value is -0.600. The van der Waals surface area contributed by atoms with Crippen LogP contribution >= 0.6 is 11.6 Å². The molecule has 0 heterocycles. The van der Waals surface area contributed by atoms with Crippen LogP contribution in [0.5, 0.6) is 0 Å². The van der Waals surface area contributed by atoms with Gasteiger partial charge < -0.3 is 5.73 Å². The molecule has 0 unspecified atom stereocenters. The monoisotopic (exact) mass is 187 g/mol. The van der Waals surface area contributed by atoms with Crippen LogP contribution in [0.4, 0.5) is 4.39 Å². The van der Waals surface area contributed by atoms with Gasteiger partial charge >= 0.3 is 0 Å². The Morgan fingerprint density at radius 2 is 2.25 bits per heavy atom. The van der Waals surface area contributed by atoms with Crippen LogP contribution in [0.15, 0.2) is 18.2 Å². The van der Waals surface area contributed by atoms with Crippen molar-refractivity contribution in [3.8, 4) is 0 Å². The summed E-state index contributed by atoms with van der Waals surface area (Å²) in [6.07, 6.45) is 0.520. The largest absolute Gasteiger partial charge is 0.328 e. The van der Waals surface area contributed by atoms with Gasteiger partial charge in [-0.3, -0.25) is 0 Å². The van der Waals surface area contributed by atoms with Gasteiger partial charge in [-0.1, -0.05) is 23.7 Å². The molecule has 0 saturated heterocycles.